The third kappa shape index (κ3) is 3.04. The van der Waals surface area contributed by atoms with Crippen LogP contribution in [0.2, 0.25) is 0 Å². The summed E-state index contributed by atoms with van der Waals surface area (Å²) in [5.74, 6) is 0.0858. The van der Waals surface area contributed by atoms with Gasteiger partial charge >= 0.3 is 0 Å². The Kier molecular flexibility index (Phi) is 3.79. The number of carbonyl (C=O) groups excluding carboxylic acids is 1. The third-order valence-electron chi connectivity index (χ3n) is 3.32. The smallest absolute Gasteiger partial charge is 0.238 e. The Bertz CT molecular complexity index is 375. The van der Waals surface area contributed by atoms with Crippen LogP contribution in [0.15, 0.2) is 10.9 Å². The van der Waals surface area contributed by atoms with E-state index in [-0.39, 0.29) is 17.4 Å². The largest absolute Gasteiger partial charge is 0.349 e. The van der Waals surface area contributed by atoms with E-state index in [1.54, 1.807) is 16.8 Å². The molecule has 17 heavy (non-hydrogen) atoms. The predicted octanol–water partition coefficient (Wildman–Crippen LogP) is 1.54. The second-order valence-corrected chi connectivity index (χ2v) is 5.90. The first kappa shape index (κ1) is 12.5. The first-order valence-electron chi connectivity index (χ1n) is 5.98. The second-order valence-electron chi connectivity index (χ2n) is 5.18. The van der Waals surface area contributed by atoms with E-state index < -0.39 is 0 Å². The molecule has 1 saturated heterocycles. The summed E-state index contributed by atoms with van der Waals surface area (Å²) < 4.78 is 0. The highest BCUT2D eigenvalue weighted by molar-refractivity contribution is 7.07. The van der Waals surface area contributed by atoms with E-state index in [2.05, 4.69) is 29.5 Å². The fourth-order valence-corrected chi connectivity index (χ4v) is 2.82. The topological polar surface area (TPSA) is 54.0 Å². The lowest BCUT2D eigenvalue weighted by atomic mass is 9.77. The molecule has 1 atom stereocenters. The van der Waals surface area contributed by atoms with Gasteiger partial charge in [-0.1, -0.05) is 13.8 Å². The number of amides is 1. The van der Waals surface area contributed by atoms with Gasteiger partial charge in [0, 0.05) is 5.38 Å². The third-order valence-corrected chi connectivity index (χ3v) is 3.95. The van der Waals surface area contributed by atoms with Crippen LogP contribution in [-0.4, -0.2) is 23.5 Å². The van der Waals surface area contributed by atoms with Gasteiger partial charge in [-0.2, -0.15) is 0 Å². The Labute approximate surface area is 106 Å². The summed E-state index contributed by atoms with van der Waals surface area (Å²) in [4.78, 5) is 16.3. The van der Waals surface area contributed by atoms with Crippen molar-refractivity contribution >= 4 is 17.2 Å². The second kappa shape index (κ2) is 5.14. The minimum atomic E-state index is -0.0881. The molecule has 94 valence electrons. The normalized spacial score (nSPS) is 23.3. The van der Waals surface area contributed by atoms with Gasteiger partial charge < -0.3 is 10.6 Å². The molecule has 2 heterocycles. The van der Waals surface area contributed by atoms with E-state index in [4.69, 9.17) is 0 Å². The number of carbonyl (C=O) groups is 1. The van der Waals surface area contributed by atoms with Crippen LogP contribution in [-0.2, 0) is 11.3 Å². The molecule has 1 aliphatic heterocycles. The maximum atomic E-state index is 12.1. The molecule has 2 N–H and O–H groups in total. The molecule has 5 heteroatoms. The summed E-state index contributed by atoms with van der Waals surface area (Å²) >= 11 is 1.55. The standard InChI is InChI=1S/C12H19N3OS/c1-12(2)4-3-5-13-10(12)11(16)14-6-9-7-17-8-15-9/h7-8,10,13H,3-6H2,1-2H3,(H,14,16). The SMILES string of the molecule is CC1(C)CCCNC1C(=O)NCc1cscn1. The average molecular weight is 253 g/mol. The maximum Gasteiger partial charge on any atom is 0.238 e. The predicted molar refractivity (Wildman–Crippen MR) is 68.8 cm³/mol. The molecule has 4 nitrogen and oxygen atoms in total. The fraction of sp³-hybridized carbons (Fsp3) is 0.667. The van der Waals surface area contributed by atoms with Crippen LogP contribution >= 0.6 is 11.3 Å². The lowest BCUT2D eigenvalue weighted by molar-refractivity contribution is -0.126. The van der Waals surface area contributed by atoms with E-state index in [9.17, 15) is 4.79 Å². The van der Waals surface area contributed by atoms with E-state index in [1.165, 1.54) is 0 Å². The molecule has 0 radical (unpaired) electrons. The van der Waals surface area contributed by atoms with Crippen LogP contribution in [0.3, 0.4) is 0 Å². The Morgan fingerprint density at radius 3 is 3.18 bits per heavy atom. The van der Waals surface area contributed by atoms with Crippen molar-refractivity contribution in [3.8, 4) is 0 Å². The molecular weight excluding hydrogens is 234 g/mol. The maximum absolute atomic E-state index is 12.1. The van der Waals surface area contributed by atoms with E-state index in [0.29, 0.717) is 6.54 Å². The lowest BCUT2D eigenvalue weighted by Gasteiger charge is -2.38. The van der Waals surface area contributed by atoms with Crippen LogP contribution in [0.25, 0.3) is 0 Å². The first-order chi connectivity index (χ1) is 8.09. The number of nitrogens with one attached hydrogen (secondary N) is 2. The van der Waals surface area contributed by atoms with Crippen molar-refractivity contribution in [2.75, 3.05) is 6.54 Å². The quantitative estimate of drug-likeness (QED) is 0.859. The molecule has 1 aromatic rings. The van der Waals surface area contributed by atoms with Gasteiger partial charge in [-0.25, -0.2) is 4.98 Å². The van der Waals surface area contributed by atoms with Crippen molar-refractivity contribution in [2.24, 2.45) is 5.41 Å². The number of hydrogen-bond acceptors (Lipinski definition) is 4. The number of rotatable bonds is 3. The molecule has 0 bridgehead atoms. The fourth-order valence-electron chi connectivity index (χ4n) is 2.26. The minimum absolute atomic E-state index is 0.0322. The van der Waals surface area contributed by atoms with Crippen molar-refractivity contribution in [3.05, 3.63) is 16.6 Å². The number of piperidine rings is 1. The van der Waals surface area contributed by atoms with E-state index >= 15 is 0 Å². The molecule has 0 aliphatic carbocycles. The van der Waals surface area contributed by atoms with Crippen LogP contribution in [0.1, 0.15) is 32.4 Å². The lowest BCUT2D eigenvalue weighted by Crippen LogP contribution is -2.55. The zero-order valence-corrected chi connectivity index (χ0v) is 11.1. The van der Waals surface area contributed by atoms with Crippen molar-refractivity contribution < 1.29 is 4.79 Å². The van der Waals surface area contributed by atoms with Gasteiger partial charge in [0.05, 0.1) is 23.8 Å². The number of hydrogen-bond donors (Lipinski definition) is 2. The molecule has 1 fully saturated rings. The zero-order valence-electron chi connectivity index (χ0n) is 10.3. The zero-order chi connectivity index (χ0) is 12.3. The minimum Gasteiger partial charge on any atom is -0.349 e. The van der Waals surface area contributed by atoms with E-state index in [1.807, 2.05) is 5.38 Å². The Morgan fingerprint density at radius 1 is 1.71 bits per heavy atom. The van der Waals surface area contributed by atoms with Gasteiger partial charge in [0.1, 0.15) is 0 Å². The molecule has 1 amide bonds. The van der Waals surface area contributed by atoms with Gasteiger partial charge in [0.25, 0.3) is 0 Å². The monoisotopic (exact) mass is 253 g/mol. The Balaban J connectivity index is 1.90. The van der Waals surface area contributed by atoms with Gasteiger partial charge in [0.15, 0.2) is 0 Å². The summed E-state index contributed by atoms with van der Waals surface area (Å²) in [6.45, 7) is 5.74. The van der Waals surface area contributed by atoms with Gasteiger partial charge in [-0.3, -0.25) is 4.79 Å². The van der Waals surface area contributed by atoms with Crippen LogP contribution in [0.5, 0.6) is 0 Å². The molecule has 1 aliphatic rings. The first-order valence-corrected chi connectivity index (χ1v) is 6.92. The highest BCUT2D eigenvalue weighted by atomic mass is 32.1. The highest BCUT2D eigenvalue weighted by Gasteiger charge is 2.36. The molecule has 1 unspecified atom stereocenters. The number of thiazole rings is 1. The van der Waals surface area contributed by atoms with Crippen molar-refractivity contribution in [2.45, 2.75) is 39.3 Å². The van der Waals surface area contributed by atoms with Gasteiger partial charge in [-0.05, 0) is 24.8 Å². The molecule has 0 saturated carbocycles. The summed E-state index contributed by atoms with van der Waals surface area (Å²) in [6.07, 6.45) is 2.23. The summed E-state index contributed by atoms with van der Waals surface area (Å²) in [5.41, 5.74) is 2.74. The number of nitrogens with zero attached hydrogens (tertiary/aromatic N) is 1. The van der Waals surface area contributed by atoms with Gasteiger partial charge in [-0.15, -0.1) is 11.3 Å². The highest BCUT2D eigenvalue weighted by Crippen LogP contribution is 2.30. The van der Waals surface area contributed by atoms with Crippen LogP contribution in [0, 0.1) is 5.41 Å². The van der Waals surface area contributed by atoms with Gasteiger partial charge in [0.2, 0.25) is 5.91 Å². The molecule has 0 aromatic carbocycles. The molecule has 1 aromatic heterocycles. The van der Waals surface area contributed by atoms with Crippen LogP contribution < -0.4 is 10.6 Å². The summed E-state index contributed by atoms with van der Waals surface area (Å²) in [7, 11) is 0. The molecule has 0 spiro atoms. The molecule has 2 rings (SSSR count). The van der Waals surface area contributed by atoms with E-state index in [0.717, 1.165) is 25.1 Å². The van der Waals surface area contributed by atoms with Crippen molar-refractivity contribution in [3.63, 3.8) is 0 Å². The Hall–Kier alpha value is -0.940. The number of aromatic nitrogens is 1. The summed E-state index contributed by atoms with van der Waals surface area (Å²) in [5, 5.41) is 8.22. The Morgan fingerprint density at radius 2 is 2.53 bits per heavy atom. The summed E-state index contributed by atoms with van der Waals surface area (Å²) in [6, 6.07) is -0.0881. The van der Waals surface area contributed by atoms with Crippen LogP contribution in [0.4, 0.5) is 0 Å². The van der Waals surface area contributed by atoms with Crippen molar-refractivity contribution in [1.29, 1.82) is 0 Å². The molecular formula is C12H19N3OS. The van der Waals surface area contributed by atoms with Crippen molar-refractivity contribution in [1.82, 2.24) is 15.6 Å². The average Bonchev–Trinajstić information content (AvgIpc) is 2.78.